The maximum absolute atomic E-state index is 12.6. The zero-order valence-electron chi connectivity index (χ0n) is 13.2. The number of hydrogen-bond acceptors (Lipinski definition) is 3. The number of benzene rings is 1. The molecule has 1 heterocycles. The van der Waals surface area contributed by atoms with Gasteiger partial charge in [-0.05, 0) is 42.7 Å². The zero-order chi connectivity index (χ0) is 16.1. The van der Waals surface area contributed by atoms with E-state index in [1.807, 2.05) is 18.2 Å². The minimum absolute atomic E-state index is 0.116. The van der Waals surface area contributed by atoms with Gasteiger partial charge in [0, 0.05) is 19.2 Å². The van der Waals surface area contributed by atoms with Crippen LogP contribution in [0.25, 0.3) is 11.3 Å². The molecule has 0 unspecified atom stereocenters. The van der Waals surface area contributed by atoms with Crippen LogP contribution in [0.1, 0.15) is 16.7 Å². The first-order valence-corrected chi connectivity index (χ1v) is 7.24. The van der Waals surface area contributed by atoms with Gasteiger partial charge in [0.05, 0.1) is 24.8 Å². The average molecular weight is 296 g/mol. The first-order valence-electron chi connectivity index (χ1n) is 7.24. The molecule has 0 bridgehead atoms. The van der Waals surface area contributed by atoms with Gasteiger partial charge < -0.3 is 9.30 Å². The van der Waals surface area contributed by atoms with Gasteiger partial charge in [-0.1, -0.05) is 18.2 Å². The zero-order valence-corrected chi connectivity index (χ0v) is 13.2. The van der Waals surface area contributed by atoms with E-state index in [1.54, 1.807) is 17.7 Å². The highest BCUT2D eigenvalue weighted by Crippen LogP contribution is 2.21. The van der Waals surface area contributed by atoms with E-state index in [4.69, 9.17) is 10.00 Å². The molecule has 2 aromatic rings. The van der Waals surface area contributed by atoms with Crippen molar-refractivity contribution in [3.8, 4) is 17.3 Å². The van der Waals surface area contributed by atoms with Crippen molar-refractivity contribution in [2.45, 2.75) is 26.8 Å². The molecular formula is C18H20N2O2. The summed E-state index contributed by atoms with van der Waals surface area (Å²) >= 11 is 0. The first kappa shape index (κ1) is 16.0. The van der Waals surface area contributed by atoms with Gasteiger partial charge in [-0.2, -0.15) is 5.26 Å². The van der Waals surface area contributed by atoms with Gasteiger partial charge in [-0.15, -0.1) is 0 Å². The Morgan fingerprint density at radius 3 is 2.59 bits per heavy atom. The molecule has 114 valence electrons. The molecule has 0 radical (unpaired) electrons. The molecule has 1 aromatic carbocycles. The van der Waals surface area contributed by atoms with E-state index in [2.05, 4.69) is 26.0 Å². The normalized spacial score (nSPS) is 10.5. The van der Waals surface area contributed by atoms with Crippen molar-refractivity contribution in [2.24, 2.45) is 0 Å². The number of methoxy groups -OCH3 is 1. The third-order valence-corrected chi connectivity index (χ3v) is 3.84. The molecule has 0 aliphatic carbocycles. The number of ether oxygens (including phenoxy) is 1. The van der Waals surface area contributed by atoms with Crippen molar-refractivity contribution in [1.29, 1.82) is 5.26 Å². The lowest BCUT2D eigenvalue weighted by atomic mass is 10.0. The van der Waals surface area contributed by atoms with Gasteiger partial charge in [0.15, 0.2) is 0 Å². The topological polar surface area (TPSA) is 55.0 Å². The smallest absolute Gasteiger partial charge is 0.255 e. The molecule has 22 heavy (non-hydrogen) atoms. The van der Waals surface area contributed by atoms with Gasteiger partial charge in [-0.3, -0.25) is 4.79 Å². The molecule has 0 atom stereocenters. The number of hydrogen-bond donors (Lipinski definition) is 0. The highest BCUT2D eigenvalue weighted by atomic mass is 16.5. The molecule has 0 saturated heterocycles. The van der Waals surface area contributed by atoms with E-state index in [1.165, 1.54) is 11.1 Å². The fourth-order valence-corrected chi connectivity index (χ4v) is 2.40. The van der Waals surface area contributed by atoms with E-state index >= 15 is 0 Å². The third kappa shape index (κ3) is 3.26. The fraction of sp³-hybridized carbons (Fsp3) is 0.333. The predicted molar refractivity (Wildman–Crippen MR) is 86.8 cm³/mol. The summed E-state index contributed by atoms with van der Waals surface area (Å²) in [6, 6.07) is 11.9. The lowest BCUT2D eigenvalue weighted by Crippen LogP contribution is -2.26. The maximum Gasteiger partial charge on any atom is 0.255 e. The molecule has 0 N–H and O–H groups in total. The molecule has 0 spiro atoms. The highest BCUT2D eigenvalue weighted by Gasteiger charge is 2.11. The summed E-state index contributed by atoms with van der Waals surface area (Å²) in [7, 11) is 1.61. The Kier molecular flexibility index (Phi) is 5.13. The summed E-state index contributed by atoms with van der Waals surface area (Å²) in [6.07, 6.45) is 0.124. The van der Waals surface area contributed by atoms with E-state index in [0.717, 1.165) is 11.3 Å². The van der Waals surface area contributed by atoms with Crippen LogP contribution in [0.5, 0.6) is 0 Å². The largest absolute Gasteiger partial charge is 0.383 e. The molecule has 4 heteroatoms. The summed E-state index contributed by atoms with van der Waals surface area (Å²) < 4.78 is 6.80. The Morgan fingerprint density at radius 2 is 1.95 bits per heavy atom. The van der Waals surface area contributed by atoms with Crippen molar-refractivity contribution >= 4 is 0 Å². The van der Waals surface area contributed by atoms with Crippen LogP contribution in [-0.4, -0.2) is 18.3 Å². The number of rotatable bonds is 5. The number of aryl methyl sites for hydroxylation is 2. The predicted octanol–water partition coefficient (Wildman–Crippen LogP) is 2.84. The molecule has 0 fully saturated rings. The summed E-state index contributed by atoms with van der Waals surface area (Å²) in [6.45, 7) is 5.04. The second-order valence-corrected chi connectivity index (χ2v) is 5.33. The van der Waals surface area contributed by atoms with Crippen molar-refractivity contribution < 1.29 is 4.74 Å². The molecule has 0 amide bonds. The number of nitrogens with zero attached hydrogens (tertiary/aromatic N) is 2. The van der Waals surface area contributed by atoms with Crippen LogP contribution >= 0.6 is 0 Å². The van der Waals surface area contributed by atoms with E-state index < -0.39 is 0 Å². The Labute approximate surface area is 130 Å². The summed E-state index contributed by atoms with van der Waals surface area (Å²) in [5, 5.41) is 8.84. The number of nitriles is 1. The summed E-state index contributed by atoms with van der Waals surface area (Å²) in [5.74, 6) is 0. The van der Waals surface area contributed by atoms with Crippen molar-refractivity contribution in [1.82, 2.24) is 4.57 Å². The Bertz CT molecular complexity index is 770. The molecule has 2 rings (SSSR count). The highest BCUT2D eigenvalue weighted by molar-refractivity contribution is 5.61. The Morgan fingerprint density at radius 1 is 1.18 bits per heavy atom. The Hall–Kier alpha value is -2.38. The Balaban J connectivity index is 2.59. The van der Waals surface area contributed by atoms with E-state index in [0.29, 0.717) is 18.7 Å². The molecule has 0 aliphatic heterocycles. The summed E-state index contributed by atoms with van der Waals surface area (Å²) in [5.41, 5.74) is 4.66. The van der Waals surface area contributed by atoms with E-state index in [9.17, 15) is 4.79 Å². The fourth-order valence-electron chi connectivity index (χ4n) is 2.40. The molecule has 1 aromatic heterocycles. The van der Waals surface area contributed by atoms with Crippen molar-refractivity contribution in [3.63, 3.8) is 0 Å². The SMILES string of the molecule is COCCn1c(-c2ccc(C)c(C)c2)ccc(CC#N)c1=O. The van der Waals surface area contributed by atoms with Crippen LogP contribution in [0.2, 0.25) is 0 Å². The van der Waals surface area contributed by atoms with Gasteiger partial charge in [0.25, 0.3) is 5.56 Å². The number of aromatic nitrogens is 1. The first-order chi connectivity index (χ1) is 10.6. The molecule has 4 nitrogen and oxygen atoms in total. The molecule has 0 saturated carbocycles. The van der Waals surface area contributed by atoms with Gasteiger partial charge >= 0.3 is 0 Å². The maximum atomic E-state index is 12.6. The van der Waals surface area contributed by atoms with Gasteiger partial charge in [0.2, 0.25) is 0 Å². The van der Waals surface area contributed by atoms with Crippen LogP contribution in [0.4, 0.5) is 0 Å². The van der Waals surface area contributed by atoms with Crippen LogP contribution in [0, 0.1) is 25.2 Å². The summed E-state index contributed by atoms with van der Waals surface area (Å²) in [4.78, 5) is 12.6. The quantitative estimate of drug-likeness (QED) is 0.852. The second kappa shape index (κ2) is 7.06. The van der Waals surface area contributed by atoms with Crippen LogP contribution in [0.3, 0.4) is 0 Å². The lowest BCUT2D eigenvalue weighted by molar-refractivity contribution is 0.186. The number of pyridine rings is 1. The third-order valence-electron chi connectivity index (χ3n) is 3.84. The molecular weight excluding hydrogens is 276 g/mol. The minimum Gasteiger partial charge on any atom is -0.383 e. The molecule has 0 aliphatic rings. The second-order valence-electron chi connectivity index (χ2n) is 5.33. The van der Waals surface area contributed by atoms with E-state index in [-0.39, 0.29) is 12.0 Å². The van der Waals surface area contributed by atoms with Gasteiger partial charge in [0.1, 0.15) is 0 Å². The van der Waals surface area contributed by atoms with Crippen LogP contribution in [0.15, 0.2) is 35.1 Å². The standard InChI is InChI=1S/C18H20N2O2/c1-13-4-5-16(12-14(13)2)17-7-6-15(8-9-19)18(21)20(17)10-11-22-3/h4-7,12H,8,10-11H2,1-3H3. The average Bonchev–Trinajstić information content (AvgIpc) is 2.51. The van der Waals surface area contributed by atoms with Crippen LogP contribution in [-0.2, 0) is 17.7 Å². The van der Waals surface area contributed by atoms with Crippen LogP contribution < -0.4 is 5.56 Å². The van der Waals surface area contributed by atoms with Crippen molar-refractivity contribution in [2.75, 3.05) is 13.7 Å². The van der Waals surface area contributed by atoms with Crippen molar-refractivity contribution in [3.05, 3.63) is 57.4 Å². The monoisotopic (exact) mass is 296 g/mol. The minimum atomic E-state index is -0.116. The lowest BCUT2D eigenvalue weighted by Gasteiger charge is -2.15. The van der Waals surface area contributed by atoms with Gasteiger partial charge in [-0.25, -0.2) is 0 Å².